The smallest absolute Gasteiger partial charge is 0.0635 e. The fourth-order valence-corrected chi connectivity index (χ4v) is 0.831. The first kappa shape index (κ1) is 10.4. The average Bonchev–Trinajstić information content (AvgIpc) is 2.01. The predicted molar refractivity (Wildman–Crippen MR) is 44.2 cm³/mol. The topological polar surface area (TPSA) is 36.3 Å². The molecule has 0 saturated carbocycles. The molecular weight excluding hydrogens is 140 g/mol. The van der Waals surface area contributed by atoms with E-state index in [1.165, 1.54) is 0 Å². The summed E-state index contributed by atoms with van der Waals surface area (Å²) in [5.74, 6) is 0. The molecule has 3 nitrogen and oxygen atoms in total. The Morgan fingerprint density at radius 1 is 1.45 bits per heavy atom. The number of hydrogen-bond donors (Lipinski definition) is 0. The third kappa shape index (κ3) is 7.31. The fraction of sp³-hybridized carbons (Fsp3) is 0.875. The molecule has 0 aliphatic rings. The Morgan fingerprint density at radius 3 is 2.73 bits per heavy atom. The second kappa shape index (κ2) is 7.52. The quantitative estimate of drug-likeness (QED) is 0.535. The van der Waals surface area contributed by atoms with Gasteiger partial charge < -0.3 is 9.64 Å². The van der Waals surface area contributed by atoms with Gasteiger partial charge in [-0.1, -0.05) is 0 Å². The number of nitrogens with zero attached hydrogens (tertiary/aromatic N) is 2. The van der Waals surface area contributed by atoms with Gasteiger partial charge in [0.15, 0.2) is 0 Å². The first-order chi connectivity index (χ1) is 5.31. The van der Waals surface area contributed by atoms with Crippen LogP contribution in [0.4, 0.5) is 0 Å². The largest absolute Gasteiger partial charge is 0.385 e. The van der Waals surface area contributed by atoms with Gasteiger partial charge in [0.2, 0.25) is 0 Å². The van der Waals surface area contributed by atoms with Gasteiger partial charge in [-0.15, -0.1) is 0 Å². The van der Waals surface area contributed by atoms with Crippen molar-refractivity contribution in [2.75, 3.05) is 33.9 Å². The van der Waals surface area contributed by atoms with Crippen molar-refractivity contribution in [2.45, 2.75) is 12.8 Å². The van der Waals surface area contributed by atoms with Gasteiger partial charge in [0.05, 0.1) is 6.07 Å². The summed E-state index contributed by atoms with van der Waals surface area (Å²) in [5.41, 5.74) is 0. The third-order valence-electron chi connectivity index (χ3n) is 1.49. The minimum atomic E-state index is 0.615. The zero-order valence-corrected chi connectivity index (χ0v) is 7.34. The summed E-state index contributed by atoms with van der Waals surface area (Å²) in [6.45, 7) is 2.67. The minimum Gasteiger partial charge on any atom is -0.385 e. The van der Waals surface area contributed by atoms with Crippen LogP contribution in [-0.2, 0) is 4.74 Å². The molecule has 0 heterocycles. The average molecular weight is 156 g/mol. The SMILES string of the molecule is COCCCN(C)CCC#N. The molecule has 0 unspecified atom stereocenters. The third-order valence-corrected chi connectivity index (χ3v) is 1.49. The highest BCUT2D eigenvalue weighted by Crippen LogP contribution is 1.89. The molecule has 3 heteroatoms. The summed E-state index contributed by atoms with van der Waals surface area (Å²) in [5, 5.41) is 8.29. The Labute approximate surface area is 68.6 Å². The highest BCUT2D eigenvalue weighted by molar-refractivity contribution is 4.70. The lowest BCUT2D eigenvalue weighted by molar-refractivity contribution is 0.180. The van der Waals surface area contributed by atoms with Gasteiger partial charge in [-0.3, -0.25) is 0 Å². The molecule has 0 saturated heterocycles. The molecule has 64 valence electrons. The molecule has 0 aromatic heterocycles. The van der Waals surface area contributed by atoms with Crippen LogP contribution >= 0.6 is 0 Å². The summed E-state index contributed by atoms with van der Waals surface area (Å²) in [6, 6.07) is 2.12. The van der Waals surface area contributed by atoms with E-state index in [0.29, 0.717) is 6.42 Å². The van der Waals surface area contributed by atoms with Crippen molar-refractivity contribution in [3.8, 4) is 6.07 Å². The molecule has 0 radical (unpaired) electrons. The molecular formula is C8H16N2O. The Kier molecular flexibility index (Phi) is 7.11. The van der Waals surface area contributed by atoms with Crippen LogP contribution in [0.3, 0.4) is 0 Å². The van der Waals surface area contributed by atoms with Crippen molar-refractivity contribution >= 4 is 0 Å². The standard InChI is InChI=1S/C8H16N2O/c1-10(6-3-5-9)7-4-8-11-2/h3-4,6-8H2,1-2H3. The van der Waals surface area contributed by atoms with Crippen molar-refractivity contribution < 1.29 is 4.74 Å². The fourth-order valence-electron chi connectivity index (χ4n) is 0.831. The van der Waals surface area contributed by atoms with Crippen LogP contribution in [0, 0.1) is 11.3 Å². The molecule has 0 bridgehead atoms. The van der Waals surface area contributed by atoms with Crippen LogP contribution in [0.5, 0.6) is 0 Å². The molecule has 0 aromatic carbocycles. The van der Waals surface area contributed by atoms with E-state index in [-0.39, 0.29) is 0 Å². The Morgan fingerprint density at radius 2 is 2.18 bits per heavy atom. The van der Waals surface area contributed by atoms with Gasteiger partial charge in [-0.25, -0.2) is 0 Å². The highest BCUT2D eigenvalue weighted by Gasteiger charge is 1.95. The molecule has 11 heavy (non-hydrogen) atoms. The molecule has 0 aliphatic heterocycles. The van der Waals surface area contributed by atoms with E-state index in [4.69, 9.17) is 10.00 Å². The van der Waals surface area contributed by atoms with Crippen LogP contribution < -0.4 is 0 Å². The second-order valence-corrected chi connectivity index (χ2v) is 2.56. The van der Waals surface area contributed by atoms with Crippen molar-refractivity contribution in [1.82, 2.24) is 4.90 Å². The van der Waals surface area contributed by atoms with Crippen LogP contribution in [-0.4, -0.2) is 38.8 Å². The first-order valence-corrected chi connectivity index (χ1v) is 3.85. The Bertz CT molecular complexity index is 120. The van der Waals surface area contributed by atoms with Crippen LogP contribution in [0.2, 0.25) is 0 Å². The van der Waals surface area contributed by atoms with E-state index in [1.807, 2.05) is 7.05 Å². The van der Waals surface area contributed by atoms with Crippen LogP contribution in [0.1, 0.15) is 12.8 Å². The highest BCUT2D eigenvalue weighted by atomic mass is 16.5. The summed E-state index contributed by atoms with van der Waals surface area (Å²) < 4.78 is 4.91. The molecule has 0 amide bonds. The molecule has 0 spiro atoms. The van der Waals surface area contributed by atoms with Crippen LogP contribution in [0.15, 0.2) is 0 Å². The van der Waals surface area contributed by atoms with Gasteiger partial charge >= 0.3 is 0 Å². The summed E-state index contributed by atoms with van der Waals surface area (Å²) >= 11 is 0. The summed E-state index contributed by atoms with van der Waals surface area (Å²) in [6.07, 6.45) is 1.65. The van der Waals surface area contributed by atoms with Crippen molar-refractivity contribution in [3.05, 3.63) is 0 Å². The Balaban J connectivity index is 3.10. The van der Waals surface area contributed by atoms with Gasteiger partial charge in [0.1, 0.15) is 0 Å². The molecule has 0 fully saturated rings. The zero-order valence-electron chi connectivity index (χ0n) is 7.34. The predicted octanol–water partition coefficient (Wildman–Crippen LogP) is 0.868. The van der Waals surface area contributed by atoms with Crippen molar-refractivity contribution in [1.29, 1.82) is 5.26 Å². The maximum atomic E-state index is 8.29. The van der Waals surface area contributed by atoms with Gasteiger partial charge in [0, 0.05) is 33.2 Å². The molecule has 0 aliphatic carbocycles. The van der Waals surface area contributed by atoms with E-state index < -0.39 is 0 Å². The Hall–Kier alpha value is -0.590. The second-order valence-electron chi connectivity index (χ2n) is 2.56. The number of rotatable bonds is 6. The van der Waals surface area contributed by atoms with E-state index in [1.54, 1.807) is 7.11 Å². The zero-order chi connectivity index (χ0) is 8.53. The van der Waals surface area contributed by atoms with E-state index in [0.717, 1.165) is 26.1 Å². The molecule has 0 aromatic rings. The number of methoxy groups -OCH3 is 1. The minimum absolute atomic E-state index is 0.615. The van der Waals surface area contributed by atoms with Gasteiger partial charge in [-0.2, -0.15) is 5.26 Å². The van der Waals surface area contributed by atoms with Crippen molar-refractivity contribution in [2.24, 2.45) is 0 Å². The lowest BCUT2D eigenvalue weighted by atomic mass is 10.4. The maximum absolute atomic E-state index is 8.29. The molecule has 0 atom stereocenters. The van der Waals surface area contributed by atoms with Gasteiger partial charge in [-0.05, 0) is 13.5 Å². The van der Waals surface area contributed by atoms with Crippen molar-refractivity contribution in [3.63, 3.8) is 0 Å². The molecule has 0 rings (SSSR count). The number of hydrogen-bond acceptors (Lipinski definition) is 3. The summed E-state index contributed by atoms with van der Waals surface area (Å²) in [7, 11) is 3.72. The number of ether oxygens (including phenoxy) is 1. The lowest BCUT2D eigenvalue weighted by Gasteiger charge is -2.13. The van der Waals surface area contributed by atoms with E-state index in [2.05, 4.69) is 11.0 Å². The maximum Gasteiger partial charge on any atom is 0.0635 e. The number of nitriles is 1. The lowest BCUT2D eigenvalue weighted by Crippen LogP contribution is -2.21. The molecule has 0 N–H and O–H groups in total. The van der Waals surface area contributed by atoms with E-state index >= 15 is 0 Å². The van der Waals surface area contributed by atoms with Gasteiger partial charge in [0.25, 0.3) is 0 Å². The van der Waals surface area contributed by atoms with E-state index in [9.17, 15) is 0 Å². The monoisotopic (exact) mass is 156 g/mol. The van der Waals surface area contributed by atoms with Crippen LogP contribution in [0.25, 0.3) is 0 Å². The summed E-state index contributed by atoms with van der Waals surface area (Å²) in [4.78, 5) is 2.14. The first-order valence-electron chi connectivity index (χ1n) is 3.85. The normalized spacial score (nSPS) is 10.0.